The fourth-order valence-electron chi connectivity index (χ4n) is 2.49. The maximum atomic E-state index is 12.3. The number of nitrogens with one attached hydrogen (secondary N) is 2. The lowest BCUT2D eigenvalue weighted by Crippen LogP contribution is -2.28. The molecule has 160 valence electrons. The molecule has 31 heavy (non-hydrogen) atoms. The second kappa shape index (κ2) is 9.86. The number of nitrogens with zero attached hydrogens (tertiary/aromatic N) is 1. The molecular formula is C20H16BrN3O5S2. The third kappa shape index (κ3) is 5.57. The number of carboxylic acid groups (broad SMARTS) is 1. The van der Waals surface area contributed by atoms with Crippen molar-refractivity contribution in [2.24, 2.45) is 5.10 Å². The number of carbonyl (C=O) groups is 3. The molecule has 0 bridgehead atoms. The van der Waals surface area contributed by atoms with Gasteiger partial charge in [0.2, 0.25) is 0 Å². The number of halogens is 1. The molecule has 11 heteroatoms. The molecule has 0 spiro atoms. The molecule has 0 saturated heterocycles. The summed E-state index contributed by atoms with van der Waals surface area (Å²) in [6.45, 7) is 1.15. The lowest BCUT2D eigenvalue weighted by molar-refractivity contribution is -0.135. The van der Waals surface area contributed by atoms with Crippen LogP contribution in [0.1, 0.15) is 31.8 Å². The zero-order valence-corrected chi connectivity index (χ0v) is 19.2. The Morgan fingerprint density at radius 2 is 1.71 bits per heavy atom. The minimum absolute atomic E-state index is 0.0799. The number of thiophene rings is 2. The first-order chi connectivity index (χ1) is 14.8. The van der Waals surface area contributed by atoms with E-state index in [2.05, 4.69) is 31.8 Å². The molecule has 0 saturated carbocycles. The van der Waals surface area contributed by atoms with Gasteiger partial charge in [-0.25, -0.2) is 5.43 Å². The van der Waals surface area contributed by atoms with Crippen molar-refractivity contribution < 1.29 is 24.6 Å². The summed E-state index contributed by atoms with van der Waals surface area (Å²) in [4.78, 5) is 35.9. The van der Waals surface area contributed by atoms with Crippen molar-refractivity contribution in [1.29, 1.82) is 0 Å². The van der Waals surface area contributed by atoms with E-state index in [1.165, 1.54) is 23.5 Å². The molecule has 0 aliphatic carbocycles. The number of amides is 2. The number of carboxylic acids is 1. The summed E-state index contributed by atoms with van der Waals surface area (Å²) >= 11 is 5.66. The molecule has 2 heterocycles. The van der Waals surface area contributed by atoms with Crippen LogP contribution in [0.5, 0.6) is 5.75 Å². The maximum absolute atomic E-state index is 12.3. The van der Waals surface area contributed by atoms with Crippen LogP contribution < -0.4 is 10.7 Å². The number of carbonyl (C=O) groups excluding carboxylic acids is 2. The predicted octanol–water partition coefficient (Wildman–Crippen LogP) is 3.91. The molecule has 0 radical (unpaired) electrons. The van der Waals surface area contributed by atoms with E-state index in [9.17, 15) is 19.5 Å². The third-order valence-corrected chi connectivity index (χ3v) is 6.67. The molecule has 4 N–H and O–H groups in total. The van der Waals surface area contributed by atoms with E-state index in [0.717, 1.165) is 21.4 Å². The van der Waals surface area contributed by atoms with Crippen molar-refractivity contribution in [1.82, 2.24) is 10.7 Å². The van der Waals surface area contributed by atoms with Crippen LogP contribution in [-0.4, -0.2) is 40.3 Å². The fraction of sp³-hybridized carbons (Fsp3) is 0.100. The van der Waals surface area contributed by atoms with Gasteiger partial charge in [0.25, 0.3) is 11.8 Å². The number of aliphatic carboxylic acids is 1. The van der Waals surface area contributed by atoms with Crippen molar-refractivity contribution in [3.8, 4) is 16.2 Å². The molecule has 0 fully saturated rings. The minimum Gasteiger partial charge on any atom is -0.506 e. The highest BCUT2D eigenvalue weighted by Gasteiger charge is 2.17. The SMILES string of the molecule is C/C(=N\NC(=O)c1ccc(C(=O)NCC(=O)O)s1)c1csc(-c2ccc(Br)cc2)c1O. The summed E-state index contributed by atoms with van der Waals surface area (Å²) in [6, 6.07) is 10.4. The van der Waals surface area contributed by atoms with Crippen LogP contribution in [0.15, 0.2) is 51.4 Å². The van der Waals surface area contributed by atoms with E-state index >= 15 is 0 Å². The molecule has 0 aliphatic heterocycles. The lowest BCUT2D eigenvalue weighted by atomic mass is 10.1. The molecule has 3 rings (SSSR count). The molecule has 1 aromatic carbocycles. The Hall–Kier alpha value is -3.02. The van der Waals surface area contributed by atoms with Gasteiger partial charge >= 0.3 is 5.97 Å². The Kier molecular flexibility index (Phi) is 7.21. The number of hydrogen-bond acceptors (Lipinski definition) is 7. The van der Waals surface area contributed by atoms with Crippen molar-refractivity contribution in [3.63, 3.8) is 0 Å². The van der Waals surface area contributed by atoms with Gasteiger partial charge < -0.3 is 15.5 Å². The monoisotopic (exact) mass is 521 g/mol. The summed E-state index contributed by atoms with van der Waals surface area (Å²) in [5.74, 6) is -2.18. The molecule has 8 nitrogen and oxygen atoms in total. The summed E-state index contributed by atoms with van der Waals surface area (Å²) < 4.78 is 0.934. The topological polar surface area (TPSA) is 128 Å². The van der Waals surface area contributed by atoms with Crippen molar-refractivity contribution >= 4 is 62.1 Å². The van der Waals surface area contributed by atoms with E-state index < -0.39 is 24.3 Å². The molecule has 0 atom stereocenters. The molecular weight excluding hydrogens is 506 g/mol. The number of aromatic hydroxyl groups is 1. The Balaban J connectivity index is 1.68. The van der Waals surface area contributed by atoms with Crippen LogP contribution in [0.25, 0.3) is 10.4 Å². The quantitative estimate of drug-likeness (QED) is 0.276. The summed E-state index contributed by atoms with van der Waals surface area (Å²) in [5, 5.41) is 27.2. The van der Waals surface area contributed by atoms with Crippen LogP contribution in [-0.2, 0) is 4.79 Å². The number of hydrazone groups is 1. The van der Waals surface area contributed by atoms with Crippen molar-refractivity contribution in [2.45, 2.75) is 6.92 Å². The first kappa shape index (κ1) is 22.7. The molecule has 0 aliphatic rings. The average molecular weight is 522 g/mol. The number of hydrogen-bond donors (Lipinski definition) is 4. The van der Waals surface area contributed by atoms with Gasteiger partial charge in [-0.1, -0.05) is 28.1 Å². The Labute approximate surface area is 193 Å². The van der Waals surface area contributed by atoms with E-state index in [1.807, 2.05) is 24.3 Å². The third-order valence-electron chi connectivity index (χ3n) is 4.04. The number of benzene rings is 1. The minimum atomic E-state index is -1.16. The molecule has 0 unspecified atom stereocenters. The van der Waals surface area contributed by atoms with Crippen molar-refractivity contribution in [2.75, 3.05) is 6.54 Å². The van der Waals surface area contributed by atoms with Crippen LogP contribution >= 0.6 is 38.6 Å². The zero-order valence-electron chi connectivity index (χ0n) is 16.0. The lowest BCUT2D eigenvalue weighted by Gasteiger charge is -2.03. The second-order valence-corrected chi connectivity index (χ2v) is 9.09. The Morgan fingerprint density at radius 1 is 1.06 bits per heavy atom. The summed E-state index contributed by atoms with van der Waals surface area (Å²) in [6.07, 6.45) is 0. The zero-order chi connectivity index (χ0) is 22.5. The van der Waals surface area contributed by atoms with Gasteiger partial charge in [0, 0.05) is 9.85 Å². The summed E-state index contributed by atoms with van der Waals surface area (Å²) in [5.41, 5.74) is 4.19. The largest absolute Gasteiger partial charge is 0.506 e. The van der Waals surface area contributed by atoms with Crippen LogP contribution in [0, 0.1) is 0 Å². The van der Waals surface area contributed by atoms with E-state index in [-0.39, 0.29) is 15.5 Å². The van der Waals surface area contributed by atoms with E-state index in [1.54, 1.807) is 12.3 Å². The normalized spacial score (nSPS) is 11.2. The van der Waals surface area contributed by atoms with E-state index in [0.29, 0.717) is 16.2 Å². The second-order valence-electron chi connectivity index (χ2n) is 6.21. The molecule has 2 amide bonds. The standard InChI is InChI=1S/C20H16BrN3O5S2/c1-10(13-9-30-18(17(13)27)11-2-4-12(21)5-3-11)23-24-20(29)15-7-6-14(31-15)19(28)22-8-16(25)26/h2-7,9,27H,8H2,1H3,(H,22,28)(H,24,29)(H,25,26)/b23-10+. The molecule has 3 aromatic rings. The highest BCUT2D eigenvalue weighted by atomic mass is 79.9. The predicted molar refractivity (Wildman–Crippen MR) is 123 cm³/mol. The Morgan fingerprint density at radius 3 is 2.35 bits per heavy atom. The van der Waals surface area contributed by atoms with Gasteiger partial charge in [-0.05, 0) is 36.8 Å². The first-order valence-electron chi connectivity index (χ1n) is 8.77. The molecule has 2 aromatic heterocycles. The van der Waals surface area contributed by atoms with Crippen molar-refractivity contribution in [3.05, 3.63) is 61.6 Å². The van der Waals surface area contributed by atoms with Gasteiger partial charge in [-0.2, -0.15) is 5.10 Å². The van der Waals surface area contributed by atoms with Crippen LogP contribution in [0.3, 0.4) is 0 Å². The van der Waals surface area contributed by atoms with Gasteiger partial charge in [-0.15, -0.1) is 22.7 Å². The van der Waals surface area contributed by atoms with Gasteiger partial charge in [-0.3, -0.25) is 14.4 Å². The highest BCUT2D eigenvalue weighted by Crippen LogP contribution is 2.39. The fourth-order valence-corrected chi connectivity index (χ4v) is 4.58. The first-order valence-corrected chi connectivity index (χ1v) is 11.3. The van der Waals surface area contributed by atoms with Gasteiger partial charge in [0.15, 0.2) is 0 Å². The van der Waals surface area contributed by atoms with Crippen LogP contribution in [0.4, 0.5) is 0 Å². The smallest absolute Gasteiger partial charge is 0.322 e. The Bertz CT molecular complexity index is 1170. The summed E-state index contributed by atoms with van der Waals surface area (Å²) in [7, 11) is 0. The van der Waals surface area contributed by atoms with Gasteiger partial charge in [0.1, 0.15) is 12.3 Å². The van der Waals surface area contributed by atoms with E-state index in [4.69, 9.17) is 5.11 Å². The number of rotatable bonds is 7. The highest BCUT2D eigenvalue weighted by molar-refractivity contribution is 9.10. The van der Waals surface area contributed by atoms with Gasteiger partial charge in [0.05, 0.1) is 25.9 Å². The average Bonchev–Trinajstić information content (AvgIpc) is 3.38. The maximum Gasteiger partial charge on any atom is 0.322 e. The van der Waals surface area contributed by atoms with Crippen LogP contribution in [0.2, 0.25) is 0 Å².